The molecule has 0 unspecified atom stereocenters. The fourth-order valence-corrected chi connectivity index (χ4v) is 5.02. The summed E-state index contributed by atoms with van der Waals surface area (Å²) in [5.74, 6) is 0. The smallest absolute Gasteiger partial charge is 0.101 e. The Morgan fingerprint density at radius 2 is 1.00 bits per heavy atom. The molecular formula is C8I4N2. The lowest BCUT2D eigenvalue weighted by Gasteiger charge is -2.07. The van der Waals surface area contributed by atoms with E-state index in [1.165, 1.54) is 0 Å². The Labute approximate surface area is 136 Å². The second kappa shape index (κ2) is 5.45. The van der Waals surface area contributed by atoms with Crippen LogP contribution >= 0.6 is 90.4 Å². The second-order valence-electron chi connectivity index (χ2n) is 2.23. The Morgan fingerprint density at radius 1 is 0.643 bits per heavy atom. The third kappa shape index (κ3) is 2.27. The molecule has 6 heteroatoms. The molecule has 70 valence electrons. The van der Waals surface area contributed by atoms with Crippen LogP contribution in [0.3, 0.4) is 0 Å². The summed E-state index contributed by atoms with van der Waals surface area (Å²) in [5.41, 5.74) is 1.21. The van der Waals surface area contributed by atoms with Gasteiger partial charge in [-0.15, -0.1) is 0 Å². The predicted molar refractivity (Wildman–Crippen MR) is 86.7 cm³/mol. The standard InChI is InChI=1S/C8I4N2/c9-5-3(1-13)6(10)8(12)7(11)4(5)2-14. The second-order valence-corrected chi connectivity index (χ2v) is 6.54. The van der Waals surface area contributed by atoms with Crippen molar-refractivity contribution in [3.8, 4) is 12.1 Å². The molecule has 1 rings (SSSR count). The minimum atomic E-state index is 0.604. The Hall–Kier alpha value is 1.12. The number of nitriles is 2. The van der Waals surface area contributed by atoms with Gasteiger partial charge in [0.2, 0.25) is 0 Å². The molecule has 0 amide bonds. The van der Waals surface area contributed by atoms with E-state index in [2.05, 4.69) is 103 Å². The number of halogens is 4. The summed E-state index contributed by atoms with van der Waals surface area (Å²) >= 11 is 8.49. The summed E-state index contributed by atoms with van der Waals surface area (Å²) in [6, 6.07) is 4.26. The van der Waals surface area contributed by atoms with Gasteiger partial charge in [0.1, 0.15) is 12.1 Å². The minimum Gasteiger partial charge on any atom is -0.192 e. The average molecular weight is 632 g/mol. The molecule has 0 spiro atoms. The Balaban J connectivity index is 3.78. The molecule has 1 aromatic carbocycles. The quantitative estimate of drug-likeness (QED) is 0.248. The topological polar surface area (TPSA) is 47.6 Å². The molecule has 0 aliphatic heterocycles. The number of hydrogen-bond donors (Lipinski definition) is 0. The predicted octanol–water partition coefficient (Wildman–Crippen LogP) is 3.85. The molecule has 0 bridgehead atoms. The maximum atomic E-state index is 8.96. The van der Waals surface area contributed by atoms with Gasteiger partial charge in [0.05, 0.1) is 14.7 Å². The number of hydrogen-bond acceptors (Lipinski definition) is 2. The van der Waals surface area contributed by atoms with Crippen molar-refractivity contribution in [2.24, 2.45) is 0 Å². The van der Waals surface area contributed by atoms with Crippen LogP contribution < -0.4 is 0 Å². The molecule has 0 saturated heterocycles. The maximum Gasteiger partial charge on any atom is 0.101 e. The number of benzene rings is 1. The lowest BCUT2D eigenvalue weighted by molar-refractivity contribution is 1.35. The summed E-state index contributed by atoms with van der Waals surface area (Å²) in [5, 5.41) is 17.9. The molecule has 0 heterocycles. The molecule has 0 saturated carbocycles. The van der Waals surface area contributed by atoms with Crippen LogP contribution in [0.4, 0.5) is 0 Å². The molecule has 14 heavy (non-hydrogen) atoms. The van der Waals surface area contributed by atoms with E-state index in [1.807, 2.05) is 0 Å². The zero-order valence-corrected chi connectivity index (χ0v) is 15.0. The van der Waals surface area contributed by atoms with E-state index in [1.54, 1.807) is 0 Å². The summed E-state index contributed by atoms with van der Waals surface area (Å²) in [6.45, 7) is 0. The zero-order valence-electron chi connectivity index (χ0n) is 6.41. The van der Waals surface area contributed by atoms with E-state index < -0.39 is 0 Å². The summed E-state index contributed by atoms with van der Waals surface area (Å²) in [7, 11) is 0. The molecule has 0 aliphatic rings. The van der Waals surface area contributed by atoms with Crippen molar-refractivity contribution >= 4 is 90.4 Å². The van der Waals surface area contributed by atoms with E-state index in [-0.39, 0.29) is 0 Å². The van der Waals surface area contributed by atoms with Crippen molar-refractivity contribution in [3.63, 3.8) is 0 Å². The van der Waals surface area contributed by atoms with Crippen LogP contribution in [0.2, 0.25) is 0 Å². The van der Waals surface area contributed by atoms with Crippen molar-refractivity contribution < 1.29 is 0 Å². The van der Waals surface area contributed by atoms with Crippen LogP contribution in [0.15, 0.2) is 0 Å². The molecule has 0 fully saturated rings. The van der Waals surface area contributed by atoms with Crippen LogP contribution in [-0.4, -0.2) is 0 Å². The molecule has 0 aromatic heterocycles. The Bertz CT molecular complexity index is 441. The summed E-state index contributed by atoms with van der Waals surface area (Å²) < 4.78 is 3.59. The molecule has 0 radical (unpaired) electrons. The van der Waals surface area contributed by atoms with E-state index in [4.69, 9.17) is 10.5 Å². The first-order valence-corrected chi connectivity index (χ1v) is 7.52. The lowest BCUT2D eigenvalue weighted by atomic mass is 10.1. The first kappa shape index (κ1) is 13.2. The van der Waals surface area contributed by atoms with Gasteiger partial charge in [-0.1, -0.05) is 0 Å². The highest BCUT2D eigenvalue weighted by Crippen LogP contribution is 2.31. The van der Waals surface area contributed by atoms with E-state index >= 15 is 0 Å². The van der Waals surface area contributed by atoms with Gasteiger partial charge < -0.3 is 0 Å². The third-order valence-electron chi connectivity index (χ3n) is 1.49. The van der Waals surface area contributed by atoms with Crippen molar-refractivity contribution in [3.05, 3.63) is 25.4 Å². The van der Waals surface area contributed by atoms with Gasteiger partial charge in [-0.3, -0.25) is 0 Å². The van der Waals surface area contributed by atoms with Crippen LogP contribution in [0, 0.1) is 36.9 Å². The Morgan fingerprint density at radius 3 is 1.29 bits per heavy atom. The highest BCUT2D eigenvalue weighted by molar-refractivity contribution is 14.1. The Kier molecular flexibility index (Phi) is 5.13. The maximum absolute atomic E-state index is 8.96. The van der Waals surface area contributed by atoms with Gasteiger partial charge in [-0.25, -0.2) is 0 Å². The average Bonchev–Trinajstić information content (AvgIpc) is 2.16. The minimum absolute atomic E-state index is 0.604. The largest absolute Gasteiger partial charge is 0.192 e. The molecule has 2 nitrogen and oxygen atoms in total. The highest BCUT2D eigenvalue weighted by Gasteiger charge is 2.18. The first-order chi connectivity index (χ1) is 6.54. The fourth-order valence-electron chi connectivity index (χ4n) is 0.830. The normalized spacial score (nSPS) is 9.29. The molecule has 0 N–H and O–H groups in total. The fraction of sp³-hybridized carbons (Fsp3) is 0. The molecule has 1 aromatic rings. The number of nitrogens with zero attached hydrogens (tertiary/aromatic N) is 2. The van der Waals surface area contributed by atoms with Gasteiger partial charge in [0.25, 0.3) is 0 Å². The third-order valence-corrected chi connectivity index (χ3v) is 7.87. The van der Waals surface area contributed by atoms with Gasteiger partial charge >= 0.3 is 0 Å². The summed E-state index contributed by atoms with van der Waals surface area (Å²) in [4.78, 5) is 0. The van der Waals surface area contributed by atoms with Crippen molar-refractivity contribution in [2.75, 3.05) is 0 Å². The van der Waals surface area contributed by atoms with Gasteiger partial charge in [-0.2, -0.15) is 10.5 Å². The van der Waals surface area contributed by atoms with E-state index in [0.29, 0.717) is 11.1 Å². The number of rotatable bonds is 0. The highest BCUT2D eigenvalue weighted by atomic mass is 127. The van der Waals surface area contributed by atoms with Gasteiger partial charge in [0.15, 0.2) is 0 Å². The van der Waals surface area contributed by atoms with Crippen molar-refractivity contribution in [1.29, 1.82) is 10.5 Å². The molecular weight excluding hydrogens is 632 g/mol. The van der Waals surface area contributed by atoms with Gasteiger partial charge in [0, 0.05) is 10.7 Å². The van der Waals surface area contributed by atoms with Crippen LogP contribution in [0.25, 0.3) is 0 Å². The van der Waals surface area contributed by atoms with E-state index in [9.17, 15) is 0 Å². The van der Waals surface area contributed by atoms with Crippen molar-refractivity contribution in [2.45, 2.75) is 0 Å². The van der Waals surface area contributed by atoms with Gasteiger partial charge in [-0.05, 0) is 90.4 Å². The SMILES string of the molecule is N#Cc1c(I)c(I)c(I)c(C#N)c1I. The molecule has 0 aliphatic carbocycles. The zero-order chi connectivity index (χ0) is 10.9. The molecule has 0 atom stereocenters. The van der Waals surface area contributed by atoms with Crippen LogP contribution in [0.1, 0.15) is 11.1 Å². The van der Waals surface area contributed by atoms with Crippen molar-refractivity contribution in [1.82, 2.24) is 0 Å². The monoisotopic (exact) mass is 632 g/mol. The first-order valence-electron chi connectivity index (χ1n) is 3.20. The lowest BCUT2D eigenvalue weighted by Crippen LogP contribution is -2.00. The van der Waals surface area contributed by atoms with Crippen LogP contribution in [-0.2, 0) is 0 Å². The van der Waals surface area contributed by atoms with E-state index in [0.717, 1.165) is 14.3 Å². The van der Waals surface area contributed by atoms with Crippen LogP contribution in [0.5, 0.6) is 0 Å². The summed E-state index contributed by atoms with van der Waals surface area (Å²) in [6.07, 6.45) is 0.